The monoisotopic (exact) mass is 268 g/mol. The SMILES string of the molecule is CC(N)C1CCN(C(=O)c2cccc(F)c2F)CC1. The second kappa shape index (κ2) is 5.65. The summed E-state index contributed by atoms with van der Waals surface area (Å²) in [5, 5.41) is 0. The molecule has 2 N–H and O–H groups in total. The van der Waals surface area contributed by atoms with Crippen LogP contribution in [-0.2, 0) is 0 Å². The lowest BCUT2D eigenvalue weighted by Gasteiger charge is -2.33. The van der Waals surface area contributed by atoms with Gasteiger partial charge in [-0.1, -0.05) is 6.07 Å². The summed E-state index contributed by atoms with van der Waals surface area (Å²) >= 11 is 0. The molecular formula is C14H18F2N2O. The number of nitrogens with two attached hydrogens (primary N) is 1. The molecule has 1 aliphatic rings. The van der Waals surface area contributed by atoms with E-state index in [9.17, 15) is 13.6 Å². The lowest BCUT2D eigenvalue weighted by Crippen LogP contribution is -2.42. The van der Waals surface area contributed by atoms with Crippen molar-refractivity contribution in [1.82, 2.24) is 4.90 Å². The molecule has 3 nitrogen and oxygen atoms in total. The van der Waals surface area contributed by atoms with E-state index in [0.29, 0.717) is 19.0 Å². The van der Waals surface area contributed by atoms with E-state index in [2.05, 4.69) is 0 Å². The Morgan fingerprint density at radius 1 is 1.37 bits per heavy atom. The van der Waals surface area contributed by atoms with Crippen LogP contribution in [0, 0.1) is 17.6 Å². The Kier molecular flexibility index (Phi) is 4.14. The fraction of sp³-hybridized carbons (Fsp3) is 0.500. The maximum Gasteiger partial charge on any atom is 0.256 e. The van der Waals surface area contributed by atoms with Crippen LogP contribution in [0.2, 0.25) is 0 Å². The van der Waals surface area contributed by atoms with Crippen LogP contribution in [0.15, 0.2) is 18.2 Å². The highest BCUT2D eigenvalue weighted by Crippen LogP contribution is 2.22. The van der Waals surface area contributed by atoms with Crippen LogP contribution in [0.3, 0.4) is 0 Å². The van der Waals surface area contributed by atoms with E-state index in [-0.39, 0.29) is 11.6 Å². The number of benzene rings is 1. The van der Waals surface area contributed by atoms with Gasteiger partial charge in [-0.05, 0) is 37.8 Å². The number of amides is 1. The van der Waals surface area contributed by atoms with Crippen molar-refractivity contribution in [2.45, 2.75) is 25.8 Å². The van der Waals surface area contributed by atoms with Gasteiger partial charge >= 0.3 is 0 Å². The Morgan fingerprint density at radius 2 is 2.00 bits per heavy atom. The molecule has 1 aliphatic heterocycles. The number of nitrogens with zero attached hydrogens (tertiary/aromatic N) is 1. The second-order valence-electron chi connectivity index (χ2n) is 5.09. The van der Waals surface area contributed by atoms with Gasteiger partial charge in [0.1, 0.15) is 0 Å². The third-order valence-corrected chi connectivity index (χ3v) is 3.75. The number of piperidine rings is 1. The van der Waals surface area contributed by atoms with E-state index in [4.69, 9.17) is 5.73 Å². The average Bonchev–Trinajstić information content (AvgIpc) is 2.41. The van der Waals surface area contributed by atoms with Gasteiger partial charge in [0.25, 0.3) is 5.91 Å². The minimum atomic E-state index is -1.07. The maximum absolute atomic E-state index is 13.6. The summed E-state index contributed by atoms with van der Waals surface area (Å²) in [5.41, 5.74) is 5.64. The van der Waals surface area contributed by atoms with Gasteiger partial charge in [0.05, 0.1) is 5.56 Å². The molecule has 1 aromatic carbocycles. The first kappa shape index (κ1) is 13.9. The van der Waals surface area contributed by atoms with Gasteiger partial charge in [-0.2, -0.15) is 0 Å². The Bertz CT molecular complexity index is 469. The van der Waals surface area contributed by atoms with Crippen molar-refractivity contribution in [1.29, 1.82) is 0 Å². The number of hydrogen-bond donors (Lipinski definition) is 1. The standard InChI is InChI=1S/C14H18F2N2O/c1-9(17)10-5-7-18(8-6-10)14(19)11-3-2-4-12(15)13(11)16/h2-4,9-10H,5-8,17H2,1H3. The molecule has 19 heavy (non-hydrogen) atoms. The summed E-state index contributed by atoms with van der Waals surface area (Å²) in [6.45, 7) is 3.04. The van der Waals surface area contributed by atoms with Crippen molar-refractivity contribution >= 4 is 5.91 Å². The van der Waals surface area contributed by atoms with E-state index in [1.165, 1.54) is 12.1 Å². The average molecular weight is 268 g/mol. The summed E-state index contributed by atoms with van der Waals surface area (Å²) in [7, 11) is 0. The van der Waals surface area contributed by atoms with Crippen LogP contribution in [0.4, 0.5) is 8.78 Å². The van der Waals surface area contributed by atoms with Crippen LogP contribution >= 0.6 is 0 Å². The zero-order chi connectivity index (χ0) is 14.0. The molecule has 1 fully saturated rings. The fourth-order valence-electron chi connectivity index (χ4n) is 2.47. The van der Waals surface area contributed by atoms with Crippen molar-refractivity contribution in [3.05, 3.63) is 35.4 Å². The third kappa shape index (κ3) is 2.92. The number of likely N-dealkylation sites (tertiary alicyclic amines) is 1. The van der Waals surface area contributed by atoms with Crippen LogP contribution in [0.1, 0.15) is 30.1 Å². The number of rotatable bonds is 2. The van der Waals surface area contributed by atoms with E-state index in [1.807, 2.05) is 6.92 Å². The molecule has 2 rings (SSSR count). The Labute approximate surface area is 111 Å². The largest absolute Gasteiger partial charge is 0.339 e. The Hall–Kier alpha value is -1.49. The molecule has 0 radical (unpaired) electrons. The third-order valence-electron chi connectivity index (χ3n) is 3.75. The molecule has 0 aliphatic carbocycles. The second-order valence-corrected chi connectivity index (χ2v) is 5.09. The summed E-state index contributed by atoms with van der Waals surface area (Å²) < 4.78 is 26.7. The number of hydrogen-bond acceptors (Lipinski definition) is 2. The summed E-state index contributed by atoms with van der Waals surface area (Å²) in [4.78, 5) is 13.7. The minimum Gasteiger partial charge on any atom is -0.339 e. The normalized spacial score (nSPS) is 18.4. The summed E-state index contributed by atoms with van der Waals surface area (Å²) in [6, 6.07) is 3.77. The fourth-order valence-corrected chi connectivity index (χ4v) is 2.47. The van der Waals surface area contributed by atoms with Crippen molar-refractivity contribution in [3.8, 4) is 0 Å². The first-order chi connectivity index (χ1) is 9.00. The van der Waals surface area contributed by atoms with E-state index >= 15 is 0 Å². The zero-order valence-electron chi connectivity index (χ0n) is 10.9. The van der Waals surface area contributed by atoms with Gasteiger partial charge in [0.15, 0.2) is 11.6 Å². The molecule has 0 bridgehead atoms. The van der Waals surface area contributed by atoms with Crippen LogP contribution in [-0.4, -0.2) is 29.9 Å². The van der Waals surface area contributed by atoms with Gasteiger partial charge in [0, 0.05) is 19.1 Å². The van der Waals surface area contributed by atoms with Gasteiger partial charge < -0.3 is 10.6 Å². The summed E-state index contributed by atoms with van der Waals surface area (Å²) in [6.07, 6.45) is 1.61. The number of halogens is 2. The molecule has 1 heterocycles. The van der Waals surface area contributed by atoms with Crippen molar-refractivity contribution in [2.75, 3.05) is 13.1 Å². The quantitative estimate of drug-likeness (QED) is 0.893. The van der Waals surface area contributed by atoms with E-state index in [1.54, 1.807) is 4.90 Å². The molecular weight excluding hydrogens is 250 g/mol. The zero-order valence-corrected chi connectivity index (χ0v) is 10.9. The minimum absolute atomic E-state index is 0.100. The van der Waals surface area contributed by atoms with E-state index < -0.39 is 17.5 Å². The van der Waals surface area contributed by atoms with Gasteiger partial charge in [-0.25, -0.2) is 8.78 Å². The van der Waals surface area contributed by atoms with Crippen LogP contribution in [0.25, 0.3) is 0 Å². The van der Waals surface area contributed by atoms with E-state index in [0.717, 1.165) is 18.9 Å². The van der Waals surface area contributed by atoms with Gasteiger partial charge in [-0.3, -0.25) is 4.79 Å². The summed E-state index contributed by atoms with van der Waals surface area (Å²) in [5.74, 6) is -2.11. The van der Waals surface area contributed by atoms with Crippen LogP contribution < -0.4 is 5.73 Å². The molecule has 5 heteroatoms. The predicted octanol–water partition coefficient (Wildman–Crippen LogP) is 2.16. The van der Waals surface area contributed by atoms with Crippen molar-refractivity contribution in [3.63, 3.8) is 0 Å². The lowest BCUT2D eigenvalue weighted by molar-refractivity contribution is 0.0675. The first-order valence-corrected chi connectivity index (χ1v) is 6.49. The molecule has 0 spiro atoms. The molecule has 1 saturated heterocycles. The Morgan fingerprint density at radius 3 is 2.58 bits per heavy atom. The predicted molar refractivity (Wildman–Crippen MR) is 68.6 cm³/mol. The highest BCUT2D eigenvalue weighted by Gasteiger charge is 2.27. The molecule has 1 aromatic rings. The Balaban J connectivity index is 2.07. The topological polar surface area (TPSA) is 46.3 Å². The van der Waals surface area contributed by atoms with Crippen LogP contribution in [0.5, 0.6) is 0 Å². The molecule has 104 valence electrons. The molecule has 1 unspecified atom stereocenters. The first-order valence-electron chi connectivity index (χ1n) is 6.49. The van der Waals surface area contributed by atoms with Crippen molar-refractivity contribution < 1.29 is 13.6 Å². The molecule has 1 amide bonds. The van der Waals surface area contributed by atoms with Crippen molar-refractivity contribution in [2.24, 2.45) is 11.7 Å². The van der Waals surface area contributed by atoms with Gasteiger partial charge in [-0.15, -0.1) is 0 Å². The number of carbonyl (C=O) groups is 1. The smallest absolute Gasteiger partial charge is 0.256 e. The highest BCUT2D eigenvalue weighted by atomic mass is 19.2. The maximum atomic E-state index is 13.6. The molecule has 1 atom stereocenters. The lowest BCUT2D eigenvalue weighted by atomic mass is 9.90. The number of carbonyl (C=O) groups excluding carboxylic acids is 1. The molecule has 0 saturated carbocycles. The molecule has 0 aromatic heterocycles. The highest BCUT2D eigenvalue weighted by molar-refractivity contribution is 5.94. The van der Waals surface area contributed by atoms with Gasteiger partial charge in [0.2, 0.25) is 0 Å².